The molecular weight excluding hydrogens is 366 g/mol. The van der Waals surface area contributed by atoms with E-state index < -0.39 is 12.1 Å². The highest BCUT2D eigenvalue weighted by Crippen LogP contribution is 2.36. The quantitative estimate of drug-likeness (QED) is 0.796. The first-order chi connectivity index (χ1) is 11.2. The van der Waals surface area contributed by atoms with Crippen LogP contribution in [0.4, 0.5) is 13.2 Å². The fraction of sp³-hybridized carbons (Fsp3) is 0.333. The number of halogens is 5. The lowest BCUT2D eigenvalue weighted by Crippen LogP contribution is -2.53. The maximum Gasteiger partial charge on any atom is 0.471 e. The second kappa shape index (κ2) is 5.97. The molecule has 0 atom stereocenters. The largest absolute Gasteiger partial charge is 0.471 e. The highest BCUT2D eigenvalue weighted by molar-refractivity contribution is 6.43. The van der Waals surface area contributed by atoms with Gasteiger partial charge in [-0.05, 0) is 12.1 Å². The van der Waals surface area contributed by atoms with E-state index in [2.05, 4.69) is 5.10 Å². The zero-order valence-corrected chi connectivity index (χ0v) is 14.0. The van der Waals surface area contributed by atoms with Crippen LogP contribution < -0.4 is 0 Å². The molecule has 1 fully saturated rings. The van der Waals surface area contributed by atoms with Gasteiger partial charge in [0.05, 0.1) is 15.7 Å². The molecule has 1 aliphatic rings. The summed E-state index contributed by atoms with van der Waals surface area (Å²) in [4.78, 5) is 11.9. The van der Waals surface area contributed by atoms with Crippen molar-refractivity contribution in [1.82, 2.24) is 14.7 Å². The number of aryl methyl sites for hydroxylation is 1. The molecule has 2 heterocycles. The minimum Gasteiger partial charge on any atom is -0.333 e. The molecule has 0 N–H and O–H groups in total. The van der Waals surface area contributed by atoms with Crippen molar-refractivity contribution in [2.24, 2.45) is 7.05 Å². The van der Waals surface area contributed by atoms with Crippen LogP contribution in [-0.2, 0) is 11.8 Å². The van der Waals surface area contributed by atoms with Crippen LogP contribution in [0.25, 0.3) is 11.3 Å². The monoisotopic (exact) mass is 377 g/mol. The maximum atomic E-state index is 12.4. The van der Waals surface area contributed by atoms with E-state index in [9.17, 15) is 18.0 Å². The number of alkyl halides is 3. The summed E-state index contributed by atoms with van der Waals surface area (Å²) in [6.45, 7) is 0.0290. The van der Waals surface area contributed by atoms with Gasteiger partial charge < -0.3 is 4.90 Å². The molecule has 1 aliphatic heterocycles. The summed E-state index contributed by atoms with van der Waals surface area (Å²) in [7, 11) is 1.70. The Balaban J connectivity index is 1.80. The standard InChI is InChI=1S/C15H12Cl2F3N3O/c1-22-12(8-6-23(7-8)14(24)15(18,19)20)5-11(21-22)9-3-2-4-10(16)13(9)17/h2-5,8H,6-7H2,1H3. The van der Waals surface area contributed by atoms with Crippen molar-refractivity contribution >= 4 is 29.1 Å². The van der Waals surface area contributed by atoms with E-state index in [4.69, 9.17) is 23.2 Å². The summed E-state index contributed by atoms with van der Waals surface area (Å²) in [6, 6.07) is 6.92. The van der Waals surface area contributed by atoms with E-state index in [1.54, 1.807) is 36.0 Å². The zero-order valence-electron chi connectivity index (χ0n) is 12.4. The highest BCUT2D eigenvalue weighted by atomic mass is 35.5. The first kappa shape index (κ1) is 17.1. The Bertz CT molecular complexity index is 798. The first-order valence-electron chi connectivity index (χ1n) is 7.03. The number of likely N-dealkylation sites (tertiary alicyclic amines) is 1. The van der Waals surface area contributed by atoms with Gasteiger partial charge in [-0.2, -0.15) is 18.3 Å². The van der Waals surface area contributed by atoms with Gasteiger partial charge in [0.25, 0.3) is 0 Å². The molecule has 0 radical (unpaired) electrons. The third-order valence-electron chi connectivity index (χ3n) is 3.97. The molecule has 128 valence electrons. The summed E-state index contributed by atoms with van der Waals surface area (Å²) >= 11 is 12.2. The third-order valence-corrected chi connectivity index (χ3v) is 4.79. The van der Waals surface area contributed by atoms with E-state index >= 15 is 0 Å². The van der Waals surface area contributed by atoms with Crippen LogP contribution in [0.15, 0.2) is 24.3 Å². The second-order valence-corrected chi connectivity index (χ2v) is 6.37. The van der Waals surface area contributed by atoms with Gasteiger partial charge in [0, 0.05) is 37.3 Å². The molecule has 0 unspecified atom stereocenters. The molecule has 0 saturated carbocycles. The van der Waals surface area contributed by atoms with Gasteiger partial charge in [-0.25, -0.2) is 0 Å². The van der Waals surface area contributed by atoms with Crippen molar-refractivity contribution in [2.75, 3.05) is 13.1 Å². The van der Waals surface area contributed by atoms with Crippen LogP contribution in [0.5, 0.6) is 0 Å². The number of benzene rings is 1. The molecule has 1 aromatic heterocycles. The van der Waals surface area contributed by atoms with Gasteiger partial charge in [-0.1, -0.05) is 35.3 Å². The number of amides is 1. The Morgan fingerprint density at radius 1 is 1.29 bits per heavy atom. The van der Waals surface area contributed by atoms with Crippen LogP contribution in [-0.4, -0.2) is 39.9 Å². The van der Waals surface area contributed by atoms with Gasteiger partial charge >= 0.3 is 12.1 Å². The molecule has 2 aromatic rings. The van der Waals surface area contributed by atoms with Crippen LogP contribution in [0.3, 0.4) is 0 Å². The highest BCUT2D eigenvalue weighted by Gasteiger charge is 2.47. The lowest BCUT2D eigenvalue weighted by Gasteiger charge is -2.39. The van der Waals surface area contributed by atoms with Gasteiger partial charge in [0.1, 0.15) is 0 Å². The lowest BCUT2D eigenvalue weighted by molar-refractivity contribution is -0.190. The Kier molecular flexibility index (Phi) is 4.25. The topological polar surface area (TPSA) is 38.1 Å². The van der Waals surface area contributed by atoms with Crippen molar-refractivity contribution in [3.63, 3.8) is 0 Å². The summed E-state index contributed by atoms with van der Waals surface area (Å²) in [6.07, 6.45) is -4.84. The molecule has 0 bridgehead atoms. The Labute approximate surface area is 145 Å². The summed E-state index contributed by atoms with van der Waals surface area (Å²) in [5, 5.41) is 5.11. The van der Waals surface area contributed by atoms with Gasteiger partial charge in [0.2, 0.25) is 0 Å². The van der Waals surface area contributed by atoms with Crippen LogP contribution in [0.2, 0.25) is 10.0 Å². The number of hydrogen-bond donors (Lipinski definition) is 0. The van der Waals surface area contributed by atoms with Crippen molar-refractivity contribution in [2.45, 2.75) is 12.1 Å². The Morgan fingerprint density at radius 2 is 1.96 bits per heavy atom. The SMILES string of the molecule is Cn1nc(-c2cccc(Cl)c2Cl)cc1C1CN(C(=O)C(F)(F)F)C1. The van der Waals surface area contributed by atoms with Crippen LogP contribution >= 0.6 is 23.2 Å². The molecular formula is C15H12Cl2F3N3O. The van der Waals surface area contributed by atoms with Crippen molar-refractivity contribution in [1.29, 1.82) is 0 Å². The zero-order chi connectivity index (χ0) is 17.6. The minimum atomic E-state index is -4.84. The summed E-state index contributed by atoms with van der Waals surface area (Å²) in [5.41, 5.74) is 1.97. The van der Waals surface area contributed by atoms with Crippen LogP contribution in [0, 0.1) is 0 Å². The molecule has 1 amide bonds. The lowest BCUT2D eigenvalue weighted by atomic mass is 9.95. The third kappa shape index (κ3) is 2.98. The fourth-order valence-corrected chi connectivity index (χ4v) is 3.11. The average Bonchev–Trinajstić information content (AvgIpc) is 2.81. The maximum absolute atomic E-state index is 12.4. The predicted molar refractivity (Wildman–Crippen MR) is 84.0 cm³/mol. The molecule has 3 rings (SSSR count). The second-order valence-electron chi connectivity index (χ2n) is 5.58. The number of carbonyl (C=O) groups is 1. The molecule has 1 saturated heterocycles. The number of aromatic nitrogens is 2. The Morgan fingerprint density at radius 3 is 2.58 bits per heavy atom. The van der Waals surface area contributed by atoms with Gasteiger partial charge in [-0.15, -0.1) is 0 Å². The van der Waals surface area contributed by atoms with E-state index in [1.807, 2.05) is 0 Å². The minimum absolute atomic E-state index is 0.0145. The van der Waals surface area contributed by atoms with Crippen molar-refractivity contribution in [3.8, 4) is 11.3 Å². The molecule has 9 heteroatoms. The fourth-order valence-electron chi connectivity index (χ4n) is 2.71. The van der Waals surface area contributed by atoms with Crippen LogP contribution in [0.1, 0.15) is 11.6 Å². The van der Waals surface area contributed by atoms with Gasteiger partial charge in [-0.3, -0.25) is 9.48 Å². The number of hydrogen-bond acceptors (Lipinski definition) is 2. The number of carbonyl (C=O) groups excluding carboxylic acids is 1. The summed E-state index contributed by atoms with van der Waals surface area (Å²) < 4.78 is 38.8. The van der Waals surface area contributed by atoms with Crippen molar-refractivity contribution in [3.05, 3.63) is 40.0 Å². The predicted octanol–water partition coefficient (Wildman–Crippen LogP) is 3.88. The number of rotatable bonds is 2. The van der Waals surface area contributed by atoms with E-state index in [0.29, 0.717) is 21.3 Å². The molecule has 1 aromatic carbocycles. The van der Waals surface area contributed by atoms with E-state index in [0.717, 1.165) is 10.6 Å². The van der Waals surface area contributed by atoms with Crippen molar-refractivity contribution < 1.29 is 18.0 Å². The molecule has 0 spiro atoms. The normalized spacial score (nSPS) is 15.5. The van der Waals surface area contributed by atoms with E-state index in [1.165, 1.54) is 0 Å². The molecule has 24 heavy (non-hydrogen) atoms. The molecule has 0 aliphatic carbocycles. The number of nitrogens with zero attached hydrogens (tertiary/aromatic N) is 3. The first-order valence-corrected chi connectivity index (χ1v) is 7.78. The smallest absolute Gasteiger partial charge is 0.333 e. The summed E-state index contributed by atoms with van der Waals surface area (Å²) in [5.74, 6) is -2.00. The van der Waals surface area contributed by atoms with E-state index in [-0.39, 0.29) is 19.0 Å². The molecule has 4 nitrogen and oxygen atoms in total. The Hall–Kier alpha value is -1.73. The van der Waals surface area contributed by atoms with Gasteiger partial charge in [0.15, 0.2) is 0 Å². The average molecular weight is 378 g/mol.